The van der Waals surface area contributed by atoms with Crippen molar-refractivity contribution in [2.45, 2.75) is 18.9 Å². The van der Waals surface area contributed by atoms with Crippen LogP contribution < -0.4 is 4.90 Å². The molecule has 0 bridgehead atoms. The Bertz CT molecular complexity index is 551. The van der Waals surface area contributed by atoms with Gasteiger partial charge in [0.15, 0.2) is 0 Å². The Hall–Kier alpha value is -2.13. The average Bonchev–Trinajstić information content (AvgIpc) is 2.46. The molecule has 0 aromatic heterocycles. The van der Waals surface area contributed by atoms with Crippen LogP contribution in [0, 0.1) is 21.4 Å². The highest BCUT2D eigenvalue weighted by atomic mass is 16.6. The maximum atomic E-state index is 11.2. The smallest absolute Gasteiger partial charge is 0.293 e. The Morgan fingerprint density at radius 3 is 2.85 bits per heavy atom. The number of nitrogens with zero attached hydrogens (tertiary/aromatic N) is 4. The van der Waals surface area contributed by atoms with Crippen molar-refractivity contribution in [3.8, 4) is 6.07 Å². The van der Waals surface area contributed by atoms with Crippen molar-refractivity contribution in [2.24, 2.45) is 0 Å². The number of anilines is 1. The molecule has 1 aliphatic rings. The van der Waals surface area contributed by atoms with Crippen LogP contribution in [0.15, 0.2) is 18.2 Å². The molecule has 1 fully saturated rings. The van der Waals surface area contributed by atoms with Crippen molar-refractivity contribution in [2.75, 3.05) is 32.1 Å². The Kier molecular flexibility index (Phi) is 4.20. The maximum Gasteiger partial charge on any atom is 0.293 e. The number of benzene rings is 1. The molecular formula is C14H18N4O2. The van der Waals surface area contributed by atoms with E-state index in [0.29, 0.717) is 17.3 Å². The van der Waals surface area contributed by atoms with E-state index in [1.807, 2.05) is 25.1 Å². The molecule has 1 heterocycles. The van der Waals surface area contributed by atoms with Gasteiger partial charge < -0.3 is 9.80 Å². The summed E-state index contributed by atoms with van der Waals surface area (Å²) in [5, 5.41) is 20.1. The molecule has 6 heteroatoms. The van der Waals surface area contributed by atoms with E-state index in [4.69, 9.17) is 5.26 Å². The fraction of sp³-hybridized carbons (Fsp3) is 0.500. The second kappa shape index (κ2) is 5.88. The number of hydrogen-bond donors (Lipinski definition) is 0. The van der Waals surface area contributed by atoms with E-state index in [-0.39, 0.29) is 5.69 Å². The van der Waals surface area contributed by atoms with Gasteiger partial charge in [0.2, 0.25) is 0 Å². The molecular weight excluding hydrogens is 256 g/mol. The first kappa shape index (κ1) is 14.3. The SMILES string of the molecule is CN(C)C1CCCN(c2ccc(C#N)cc2[N+](=O)[O-])C1. The molecule has 0 radical (unpaired) electrons. The Labute approximate surface area is 118 Å². The average molecular weight is 274 g/mol. The number of nitriles is 1. The standard InChI is InChI=1S/C14H18N4O2/c1-16(2)12-4-3-7-17(10-12)13-6-5-11(9-15)8-14(13)18(19)20/h5-6,8,12H,3-4,7,10H2,1-2H3. The molecule has 1 unspecified atom stereocenters. The van der Waals surface area contributed by atoms with Gasteiger partial charge in [0, 0.05) is 25.2 Å². The first-order valence-corrected chi connectivity index (χ1v) is 6.63. The number of nitro benzene ring substituents is 1. The fourth-order valence-electron chi connectivity index (χ4n) is 2.60. The third kappa shape index (κ3) is 2.89. The summed E-state index contributed by atoms with van der Waals surface area (Å²) in [6.07, 6.45) is 2.12. The minimum Gasteiger partial charge on any atom is -0.364 e. The van der Waals surface area contributed by atoms with Gasteiger partial charge in [0.1, 0.15) is 5.69 Å². The van der Waals surface area contributed by atoms with Gasteiger partial charge in [-0.2, -0.15) is 5.26 Å². The van der Waals surface area contributed by atoms with Crippen LogP contribution in [0.3, 0.4) is 0 Å². The number of piperidine rings is 1. The number of rotatable bonds is 3. The molecule has 0 N–H and O–H groups in total. The Morgan fingerprint density at radius 2 is 2.25 bits per heavy atom. The third-order valence-electron chi connectivity index (χ3n) is 3.77. The summed E-state index contributed by atoms with van der Waals surface area (Å²) in [5.74, 6) is 0. The molecule has 0 spiro atoms. The summed E-state index contributed by atoms with van der Waals surface area (Å²) in [7, 11) is 4.06. The van der Waals surface area contributed by atoms with Gasteiger partial charge in [0.05, 0.1) is 16.6 Å². The van der Waals surface area contributed by atoms with E-state index in [1.165, 1.54) is 6.07 Å². The molecule has 2 rings (SSSR count). The van der Waals surface area contributed by atoms with E-state index in [9.17, 15) is 10.1 Å². The van der Waals surface area contributed by atoms with Crippen molar-refractivity contribution >= 4 is 11.4 Å². The first-order valence-electron chi connectivity index (χ1n) is 6.63. The molecule has 20 heavy (non-hydrogen) atoms. The minimum absolute atomic E-state index is 0.0171. The predicted molar refractivity (Wildman–Crippen MR) is 76.7 cm³/mol. The Morgan fingerprint density at radius 1 is 1.50 bits per heavy atom. The maximum absolute atomic E-state index is 11.2. The van der Waals surface area contributed by atoms with Crippen LogP contribution in [0.1, 0.15) is 18.4 Å². The highest BCUT2D eigenvalue weighted by molar-refractivity contribution is 5.66. The molecule has 1 aromatic carbocycles. The van der Waals surface area contributed by atoms with Gasteiger partial charge in [-0.15, -0.1) is 0 Å². The molecule has 1 atom stereocenters. The fourth-order valence-corrected chi connectivity index (χ4v) is 2.60. The van der Waals surface area contributed by atoms with E-state index >= 15 is 0 Å². The summed E-state index contributed by atoms with van der Waals surface area (Å²) in [6, 6.07) is 7.04. The van der Waals surface area contributed by atoms with Crippen LogP contribution in [0.4, 0.5) is 11.4 Å². The quantitative estimate of drug-likeness (QED) is 0.622. The van der Waals surface area contributed by atoms with Gasteiger partial charge in [-0.3, -0.25) is 10.1 Å². The molecule has 0 saturated carbocycles. The Balaban J connectivity index is 2.32. The number of hydrogen-bond acceptors (Lipinski definition) is 5. The van der Waals surface area contributed by atoms with Gasteiger partial charge in [-0.05, 0) is 39.1 Å². The molecule has 1 aromatic rings. The second-order valence-electron chi connectivity index (χ2n) is 5.28. The summed E-state index contributed by atoms with van der Waals surface area (Å²) < 4.78 is 0. The first-order chi connectivity index (χ1) is 9.52. The van der Waals surface area contributed by atoms with Crippen molar-refractivity contribution in [3.05, 3.63) is 33.9 Å². The zero-order chi connectivity index (χ0) is 14.7. The second-order valence-corrected chi connectivity index (χ2v) is 5.28. The van der Waals surface area contributed by atoms with Crippen LogP contribution in [0.5, 0.6) is 0 Å². The van der Waals surface area contributed by atoms with Crippen molar-refractivity contribution in [1.29, 1.82) is 5.26 Å². The van der Waals surface area contributed by atoms with Crippen LogP contribution in [-0.4, -0.2) is 43.0 Å². The van der Waals surface area contributed by atoms with E-state index in [0.717, 1.165) is 25.9 Å². The monoisotopic (exact) mass is 274 g/mol. The van der Waals surface area contributed by atoms with Gasteiger partial charge >= 0.3 is 0 Å². The van der Waals surface area contributed by atoms with Crippen molar-refractivity contribution in [1.82, 2.24) is 4.90 Å². The van der Waals surface area contributed by atoms with Gasteiger partial charge in [-0.1, -0.05) is 0 Å². The summed E-state index contributed by atoms with van der Waals surface area (Å²) >= 11 is 0. The van der Waals surface area contributed by atoms with Crippen LogP contribution >= 0.6 is 0 Å². The number of likely N-dealkylation sites (N-methyl/N-ethyl adjacent to an activating group) is 1. The van der Waals surface area contributed by atoms with Crippen LogP contribution in [0.2, 0.25) is 0 Å². The predicted octanol–water partition coefficient (Wildman–Crippen LogP) is 2.00. The van der Waals surface area contributed by atoms with Crippen molar-refractivity contribution < 1.29 is 4.92 Å². The highest BCUT2D eigenvalue weighted by Gasteiger charge is 2.26. The minimum atomic E-state index is -0.407. The zero-order valence-corrected chi connectivity index (χ0v) is 11.7. The molecule has 0 aliphatic carbocycles. The summed E-state index contributed by atoms with van der Waals surface area (Å²) in [6.45, 7) is 1.59. The molecule has 1 aliphatic heterocycles. The molecule has 106 valence electrons. The van der Waals surface area contributed by atoms with Crippen LogP contribution in [0.25, 0.3) is 0 Å². The lowest BCUT2D eigenvalue weighted by molar-refractivity contribution is -0.384. The van der Waals surface area contributed by atoms with Crippen molar-refractivity contribution in [3.63, 3.8) is 0 Å². The molecule has 0 amide bonds. The van der Waals surface area contributed by atoms with Gasteiger partial charge in [0.25, 0.3) is 5.69 Å². The molecule has 6 nitrogen and oxygen atoms in total. The topological polar surface area (TPSA) is 73.4 Å². The van der Waals surface area contributed by atoms with Crippen LogP contribution in [-0.2, 0) is 0 Å². The lowest BCUT2D eigenvalue weighted by atomic mass is 10.0. The van der Waals surface area contributed by atoms with E-state index in [1.54, 1.807) is 12.1 Å². The highest BCUT2D eigenvalue weighted by Crippen LogP contribution is 2.31. The normalized spacial score (nSPS) is 18.9. The summed E-state index contributed by atoms with van der Waals surface area (Å²) in [5.41, 5.74) is 0.950. The summed E-state index contributed by atoms with van der Waals surface area (Å²) in [4.78, 5) is 15.0. The largest absolute Gasteiger partial charge is 0.364 e. The lowest BCUT2D eigenvalue weighted by Gasteiger charge is -2.37. The van der Waals surface area contributed by atoms with E-state index < -0.39 is 4.92 Å². The zero-order valence-electron chi connectivity index (χ0n) is 11.7. The number of nitro groups is 1. The third-order valence-corrected chi connectivity index (χ3v) is 3.77. The van der Waals surface area contributed by atoms with Gasteiger partial charge in [-0.25, -0.2) is 0 Å². The lowest BCUT2D eigenvalue weighted by Crippen LogP contribution is -2.45. The van der Waals surface area contributed by atoms with E-state index in [2.05, 4.69) is 4.90 Å². The molecule has 1 saturated heterocycles.